The first kappa shape index (κ1) is 15.2. The molecule has 0 radical (unpaired) electrons. The van der Waals surface area contributed by atoms with E-state index in [0.29, 0.717) is 17.6 Å². The summed E-state index contributed by atoms with van der Waals surface area (Å²) in [4.78, 5) is 11.3. The molecule has 0 aromatic heterocycles. The fourth-order valence-corrected chi connectivity index (χ4v) is 2.44. The van der Waals surface area contributed by atoms with Crippen LogP contribution in [0.4, 0.5) is 0 Å². The predicted octanol–water partition coefficient (Wildman–Crippen LogP) is 1.92. The van der Waals surface area contributed by atoms with Crippen LogP contribution in [0, 0.1) is 11.8 Å². The number of carbonyl (C=O) groups excluding carboxylic acids is 1. The molecule has 0 spiro atoms. The highest BCUT2D eigenvalue weighted by Gasteiger charge is 2.28. The predicted molar refractivity (Wildman–Crippen MR) is 69.1 cm³/mol. The number of hydrogen-bond donors (Lipinski definition) is 1. The number of rotatable bonds is 6. The Morgan fingerprint density at radius 1 is 1.39 bits per heavy atom. The zero-order valence-corrected chi connectivity index (χ0v) is 11.4. The van der Waals surface area contributed by atoms with Gasteiger partial charge in [0.15, 0.2) is 0 Å². The van der Waals surface area contributed by atoms with Crippen molar-refractivity contribution < 1.29 is 19.4 Å². The van der Waals surface area contributed by atoms with Gasteiger partial charge in [-0.05, 0) is 38.5 Å². The molecule has 1 aliphatic carbocycles. The molecule has 0 aromatic carbocycles. The van der Waals surface area contributed by atoms with E-state index in [0.717, 1.165) is 25.7 Å². The molecule has 4 nitrogen and oxygen atoms in total. The maximum atomic E-state index is 11.3. The molecule has 1 rings (SSSR count). The largest absolute Gasteiger partial charge is 0.462 e. The standard InChI is InChI=1S/C14H24O4/c1-10(2)14(16)18-9-12(8-15)11-4-6-13(17-3)7-5-11/h11-13,15H,1,4-9H2,2-3H3. The Hall–Kier alpha value is -0.870. The van der Waals surface area contributed by atoms with E-state index in [1.165, 1.54) is 0 Å². The second-order valence-electron chi connectivity index (χ2n) is 5.09. The van der Waals surface area contributed by atoms with Crippen molar-refractivity contribution in [3.05, 3.63) is 12.2 Å². The number of ether oxygens (including phenoxy) is 2. The van der Waals surface area contributed by atoms with E-state index in [2.05, 4.69) is 6.58 Å². The molecule has 1 atom stereocenters. The zero-order chi connectivity index (χ0) is 13.5. The molecule has 1 N–H and O–H groups in total. The Bertz CT molecular complexity index is 280. The van der Waals surface area contributed by atoms with Gasteiger partial charge in [0.2, 0.25) is 0 Å². The Morgan fingerprint density at radius 3 is 2.44 bits per heavy atom. The van der Waals surface area contributed by atoms with Crippen molar-refractivity contribution in [2.75, 3.05) is 20.3 Å². The topological polar surface area (TPSA) is 55.8 Å². The summed E-state index contributed by atoms with van der Waals surface area (Å²) in [5, 5.41) is 9.41. The molecule has 1 saturated carbocycles. The molecule has 4 heteroatoms. The summed E-state index contributed by atoms with van der Waals surface area (Å²) < 4.78 is 10.5. The molecule has 1 unspecified atom stereocenters. The number of methoxy groups -OCH3 is 1. The fourth-order valence-electron chi connectivity index (χ4n) is 2.44. The van der Waals surface area contributed by atoms with Crippen LogP contribution in [0.15, 0.2) is 12.2 Å². The van der Waals surface area contributed by atoms with Crippen LogP contribution in [-0.4, -0.2) is 37.5 Å². The van der Waals surface area contributed by atoms with Crippen LogP contribution in [0.5, 0.6) is 0 Å². The van der Waals surface area contributed by atoms with Crippen molar-refractivity contribution in [2.24, 2.45) is 11.8 Å². The quantitative estimate of drug-likeness (QED) is 0.582. The van der Waals surface area contributed by atoms with E-state index in [1.54, 1.807) is 14.0 Å². The summed E-state index contributed by atoms with van der Waals surface area (Å²) in [6, 6.07) is 0. The lowest BCUT2D eigenvalue weighted by Crippen LogP contribution is -2.30. The van der Waals surface area contributed by atoms with Gasteiger partial charge in [0.1, 0.15) is 0 Å². The van der Waals surface area contributed by atoms with E-state index in [4.69, 9.17) is 9.47 Å². The highest BCUT2D eigenvalue weighted by molar-refractivity contribution is 5.86. The first-order valence-electron chi connectivity index (χ1n) is 6.54. The van der Waals surface area contributed by atoms with E-state index in [1.807, 2.05) is 0 Å². The number of esters is 1. The lowest BCUT2D eigenvalue weighted by Gasteiger charge is -2.32. The minimum absolute atomic E-state index is 0.0334. The van der Waals surface area contributed by atoms with Crippen LogP contribution in [0.1, 0.15) is 32.6 Å². The minimum atomic E-state index is -0.376. The molecule has 1 aliphatic rings. The van der Waals surface area contributed by atoms with Crippen molar-refractivity contribution in [1.82, 2.24) is 0 Å². The Balaban J connectivity index is 2.37. The van der Waals surface area contributed by atoms with Crippen LogP contribution in [-0.2, 0) is 14.3 Å². The molecule has 0 aromatic rings. The number of aliphatic hydroxyl groups excluding tert-OH is 1. The molecule has 0 amide bonds. The average Bonchev–Trinajstić information content (AvgIpc) is 2.39. The van der Waals surface area contributed by atoms with Gasteiger partial charge in [0.25, 0.3) is 0 Å². The average molecular weight is 256 g/mol. The van der Waals surface area contributed by atoms with Gasteiger partial charge in [-0.15, -0.1) is 0 Å². The summed E-state index contributed by atoms with van der Waals surface area (Å²) >= 11 is 0. The van der Waals surface area contributed by atoms with E-state index in [9.17, 15) is 9.90 Å². The lowest BCUT2D eigenvalue weighted by molar-refractivity contribution is -0.141. The molecule has 0 bridgehead atoms. The van der Waals surface area contributed by atoms with Crippen molar-refractivity contribution in [2.45, 2.75) is 38.7 Å². The summed E-state index contributed by atoms with van der Waals surface area (Å²) in [6.07, 6.45) is 4.43. The van der Waals surface area contributed by atoms with Gasteiger partial charge in [-0.25, -0.2) is 4.79 Å². The van der Waals surface area contributed by atoms with Gasteiger partial charge in [-0.2, -0.15) is 0 Å². The highest BCUT2D eigenvalue weighted by atomic mass is 16.5. The third kappa shape index (κ3) is 4.42. The second-order valence-corrected chi connectivity index (χ2v) is 5.09. The normalized spacial score (nSPS) is 25.5. The Labute approximate surface area is 109 Å². The smallest absolute Gasteiger partial charge is 0.333 e. The SMILES string of the molecule is C=C(C)C(=O)OCC(CO)C1CCC(OC)CC1. The van der Waals surface area contributed by atoms with Crippen molar-refractivity contribution >= 4 is 5.97 Å². The number of carbonyl (C=O) groups is 1. The first-order chi connectivity index (χ1) is 8.58. The molecule has 18 heavy (non-hydrogen) atoms. The molecule has 1 fully saturated rings. The molecule has 0 aliphatic heterocycles. The number of aliphatic hydroxyl groups is 1. The van der Waals surface area contributed by atoms with Crippen LogP contribution < -0.4 is 0 Å². The molecule has 0 heterocycles. The maximum absolute atomic E-state index is 11.3. The first-order valence-corrected chi connectivity index (χ1v) is 6.54. The van der Waals surface area contributed by atoms with Crippen molar-refractivity contribution in [1.29, 1.82) is 0 Å². The number of hydrogen-bond acceptors (Lipinski definition) is 4. The lowest BCUT2D eigenvalue weighted by atomic mass is 9.79. The molecule has 0 saturated heterocycles. The van der Waals surface area contributed by atoms with Gasteiger partial charge in [-0.1, -0.05) is 6.58 Å². The summed E-state index contributed by atoms with van der Waals surface area (Å²) in [5.41, 5.74) is 0.398. The highest BCUT2D eigenvalue weighted by Crippen LogP contribution is 2.31. The van der Waals surface area contributed by atoms with Crippen LogP contribution >= 0.6 is 0 Å². The van der Waals surface area contributed by atoms with Crippen LogP contribution in [0.3, 0.4) is 0 Å². The van der Waals surface area contributed by atoms with E-state index >= 15 is 0 Å². The third-order valence-corrected chi connectivity index (χ3v) is 3.73. The van der Waals surface area contributed by atoms with Crippen molar-refractivity contribution in [3.63, 3.8) is 0 Å². The summed E-state index contributed by atoms with van der Waals surface area (Å²) in [7, 11) is 1.74. The monoisotopic (exact) mass is 256 g/mol. The Morgan fingerprint density at radius 2 is 2.00 bits per heavy atom. The van der Waals surface area contributed by atoms with Crippen LogP contribution in [0.25, 0.3) is 0 Å². The van der Waals surface area contributed by atoms with E-state index in [-0.39, 0.29) is 25.1 Å². The summed E-state index contributed by atoms with van der Waals surface area (Å²) in [6.45, 7) is 5.51. The van der Waals surface area contributed by atoms with Gasteiger partial charge in [0.05, 0.1) is 12.7 Å². The third-order valence-electron chi connectivity index (χ3n) is 3.73. The molecular weight excluding hydrogens is 232 g/mol. The fraction of sp³-hybridized carbons (Fsp3) is 0.786. The second kappa shape index (κ2) is 7.54. The van der Waals surface area contributed by atoms with Gasteiger partial charge < -0.3 is 14.6 Å². The Kier molecular flexibility index (Phi) is 6.36. The summed E-state index contributed by atoms with van der Waals surface area (Å²) in [5.74, 6) is 0.0736. The van der Waals surface area contributed by atoms with Crippen molar-refractivity contribution in [3.8, 4) is 0 Å². The van der Waals surface area contributed by atoms with Crippen LogP contribution in [0.2, 0.25) is 0 Å². The van der Waals surface area contributed by atoms with Gasteiger partial charge in [-0.3, -0.25) is 0 Å². The molecular formula is C14H24O4. The van der Waals surface area contributed by atoms with Gasteiger partial charge in [0, 0.05) is 25.2 Å². The molecule has 104 valence electrons. The minimum Gasteiger partial charge on any atom is -0.462 e. The zero-order valence-electron chi connectivity index (χ0n) is 11.4. The van der Waals surface area contributed by atoms with Gasteiger partial charge >= 0.3 is 5.97 Å². The van der Waals surface area contributed by atoms with E-state index < -0.39 is 0 Å². The maximum Gasteiger partial charge on any atom is 0.333 e.